The largest absolute Gasteiger partial charge is 0.472 e. The van der Waals surface area contributed by atoms with Crippen LogP contribution in [-0.4, -0.2) is 74.9 Å². The highest BCUT2D eigenvalue weighted by Gasteiger charge is 2.27. The first-order chi connectivity index (χ1) is 29.0. The first-order valence-corrected chi connectivity index (χ1v) is 27.3. The Balaban J connectivity index is 4.14. The van der Waals surface area contributed by atoms with Gasteiger partial charge in [-0.1, -0.05) is 232 Å². The summed E-state index contributed by atoms with van der Waals surface area (Å²) in [5, 5.41) is 0. The van der Waals surface area contributed by atoms with Crippen LogP contribution in [0.15, 0.2) is 0 Å². The van der Waals surface area contributed by atoms with Gasteiger partial charge in [0.15, 0.2) is 6.10 Å². The van der Waals surface area contributed by atoms with Gasteiger partial charge < -0.3 is 18.9 Å². The molecule has 358 valence electrons. The molecule has 0 rings (SSSR count). The molecule has 0 aliphatic carbocycles. The van der Waals surface area contributed by atoms with Crippen LogP contribution in [0, 0.1) is 0 Å². The zero-order chi connectivity index (χ0) is 44.3. The van der Waals surface area contributed by atoms with Gasteiger partial charge in [0, 0.05) is 12.8 Å². The second-order valence-corrected chi connectivity index (χ2v) is 20.4. The summed E-state index contributed by atoms with van der Waals surface area (Å²) in [4.78, 5) is 35.5. The van der Waals surface area contributed by atoms with Crippen molar-refractivity contribution >= 4 is 19.8 Å². The number of phosphoric acid groups is 1. The van der Waals surface area contributed by atoms with Gasteiger partial charge in [-0.3, -0.25) is 18.6 Å². The van der Waals surface area contributed by atoms with Gasteiger partial charge in [-0.15, -0.1) is 0 Å². The highest BCUT2D eigenvalue weighted by molar-refractivity contribution is 7.47. The molecule has 0 aromatic carbocycles. The van der Waals surface area contributed by atoms with Crippen LogP contribution in [-0.2, 0) is 32.7 Å². The summed E-state index contributed by atoms with van der Waals surface area (Å²) in [6, 6.07) is 0. The monoisotopic (exact) mass is 875 g/mol. The molecule has 10 heteroatoms. The zero-order valence-electron chi connectivity index (χ0n) is 40.5. The Morgan fingerprint density at radius 3 is 1.07 bits per heavy atom. The van der Waals surface area contributed by atoms with Crippen molar-refractivity contribution in [3.8, 4) is 0 Å². The van der Waals surface area contributed by atoms with Crippen molar-refractivity contribution in [1.29, 1.82) is 0 Å². The minimum absolute atomic E-state index is 0.0371. The fourth-order valence-corrected chi connectivity index (χ4v) is 8.35. The Hall–Kier alpha value is -0.990. The van der Waals surface area contributed by atoms with Crippen molar-refractivity contribution in [3.05, 3.63) is 0 Å². The number of carbonyl (C=O) groups is 2. The third-order valence-corrected chi connectivity index (χ3v) is 12.6. The highest BCUT2D eigenvalue weighted by Crippen LogP contribution is 2.43. The average Bonchev–Trinajstić information content (AvgIpc) is 3.20. The van der Waals surface area contributed by atoms with E-state index in [1.165, 1.54) is 193 Å². The van der Waals surface area contributed by atoms with Crippen molar-refractivity contribution in [2.45, 2.75) is 264 Å². The molecular formula is C50H101NO8P+. The summed E-state index contributed by atoms with van der Waals surface area (Å²) in [5.41, 5.74) is 0. The van der Waals surface area contributed by atoms with Gasteiger partial charge in [0.2, 0.25) is 0 Å². The number of phosphoric ester groups is 1. The van der Waals surface area contributed by atoms with Crippen LogP contribution in [0.25, 0.3) is 0 Å². The minimum Gasteiger partial charge on any atom is -0.462 e. The van der Waals surface area contributed by atoms with Gasteiger partial charge in [-0.05, 0) is 12.8 Å². The van der Waals surface area contributed by atoms with Gasteiger partial charge in [0.25, 0.3) is 0 Å². The fraction of sp³-hybridized carbons (Fsp3) is 0.960. The lowest BCUT2D eigenvalue weighted by Crippen LogP contribution is -2.37. The SMILES string of the molecule is CCCCCCCCCCCCCCCCCCCCCCCCCC(=O)O[C@H](COC(=O)CCCCCCCCCCCCCCC)COP(=O)(O)OCC[N+](C)(C)C. The smallest absolute Gasteiger partial charge is 0.462 e. The fourth-order valence-electron chi connectivity index (χ4n) is 7.61. The van der Waals surface area contributed by atoms with Crippen LogP contribution in [0.4, 0.5) is 0 Å². The van der Waals surface area contributed by atoms with Crippen molar-refractivity contribution in [2.24, 2.45) is 0 Å². The standard InChI is InChI=1S/C50H100NO8P/c1-6-8-10-12-14-16-18-20-21-22-23-24-25-26-27-28-29-31-33-35-37-39-41-43-50(53)59-48(47-58-60(54,55)57-45-44-51(3,4)5)46-56-49(52)42-40-38-36-34-32-30-19-17-15-13-11-9-7-2/h48H,6-47H2,1-5H3/p+1/t48-/m1/s1. The van der Waals surface area contributed by atoms with Gasteiger partial charge >= 0.3 is 19.8 Å². The molecule has 0 radical (unpaired) electrons. The van der Waals surface area contributed by atoms with E-state index in [0.717, 1.165) is 38.5 Å². The molecule has 0 aromatic heterocycles. The molecule has 0 fully saturated rings. The van der Waals surface area contributed by atoms with Gasteiger partial charge in [0.1, 0.15) is 19.8 Å². The number of hydrogen-bond donors (Lipinski definition) is 1. The summed E-state index contributed by atoms with van der Waals surface area (Å²) in [5.74, 6) is -0.779. The number of carbonyl (C=O) groups excluding carboxylic acids is 2. The summed E-state index contributed by atoms with van der Waals surface area (Å²) < 4.78 is 34.4. The third-order valence-electron chi connectivity index (χ3n) is 11.6. The lowest BCUT2D eigenvalue weighted by molar-refractivity contribution is -0.870. The van der Waals surface area contributed by atoms with E-state index in [0.29, 0.717) is 17.4 Å². The minimum atomic E-state index is -4.37. The molecule has 0 amide bonds. The number of ether oxygens (including phenoxy) is 2. The van der Waals surface area contributed by atoms with Gasteiger partial charge in [-0.25, -0.2) is 4.57 Å². The quantitative estimate of drug-likeness (QED) is 0.0279. The number of esters is 2. The number of rotatable bonds is 48. The predicted molar refractivity (Wildman–Crippen MR) is 252 cm³/mol. The average molecular weight is 875 g/mol. The summed E-state index contributed by atoms with van der Waals surface area (Å²) >= 11 is 0. The van der Waals surface area contributed by atoms with Crippen LogP contribution in [0.1, 0.15) is 258 Å². The maximum Gasteiger partial charge on any atom is 0.472 e. The van der Waals surface area contributed by atoms with Crippen LogP contribution >= 0.6 is 7.82 Å². The third kappa shape index (κ3) is 46.5. The molecule has 1 N–H and O–H groups in total. The predicted octanol–water partition coefficient (Wildman–Crippen LogP) is 15.1. The normalized spacial score (nSPS) is 13.4. The molecule has 60 heavy (non-hydrogen) atoms. The molecule has 1 unspecified atom stereocenters. The Morgan fingerprint density at radius 1 is 0.450 bits per heavy atom. The van der Waals surface area contributed by atoms with Crippen molar-refractivity contribution in [3.63, 3.8) is 0 Å². The van der Waals surface area contributed by atoms with Gasteiger partial charge in [0.05, 0.1) is 27.7 Å². The van der Waals surface area contributed by atoms with Crippen LogP contribution < -0.4 is 0 Å². The molecule has 0 saturated heterocycles. The van der Waals surface area contributed by atoms with E-state index in [1.807, 2.05) is 21.1 Å². The number of quaternary nitrogens is 1. The van der Waals surface area contributed by atoms with E-state index in [1.54, 1.807) is 0 Å². The topological polar surface area (TPSA) is 108 Å². The second kappa shape index (κ2) is 43.3. The molecule has 0 bridgehead atoms. The number of unbranched alkanes of at least 4 members (excludes halogenated alkanes) is 34. The molecule has 2 atom stereocenters. The summed E-state index contributed by atoms with van der Waals surface area (Å²) in [6.07, 6.45) is 45.9. The number of hydrogen-bond acceptors (Lipinski definition) is 7. The van der Waals surface area contributed by atoms with E-state index in [-0.39, 0.29) is 25.6 Å². The van der Waals surface area contributed by atoms with Crippen molar-refractivity contribution < 1.29 is 42.1 Å². The van der Waals surface area contributed by atoms with Crippen molar-refractivity contribution in [2.75, 3.05) is 47.5 Å². The second-order valence-electron chi connectivity index (χ2n) is 18.9. The first kappa shape index (κ1) is 59.0. The van der Waals surface area contributed by atoms with E-state index in [9.17, 15) is 19.0 Å². The summed E-state index contributed by atoms with van der Waals surface area (Å²) in [6.45, 7) is 4.48. The van der Waals surface area contributed by atoms with Crippen molar-refractivity contribution in [1.82, 2.24) is 0 Å². The number of likely N-dealkylation sites (N-methyl/N-ethyl adjacent to an activating group) is 1. The van der Waals surface area contributed by atoms with Crippen LogP contribution in [0.5, 0.6) is 0 Å². The highest BCUT2D eigenvalue weighted by atomic mass is 31.2. The van der Waals surface area contributed by atoms with Crippen LogP contribution in [0.3, 0.4) is 0 Å². The van der Waals surface area contributed by atoms with E-state index >= 15 is 0 Å². The Morgan fingerprint density at radius 2 is 0.750 bits per heavy atom. The first-order valence-electron chi connectivity index (χ1n) is 25.8. The van der Waals surface area contributed by atoms with E-state index in [4.69, 9.17) is 18.5 Å². The Bertz CT molecular complexity index is 990. The maximum atomic E-state index is 12.7. The molecule has 0 heterocycles. The van der Waals surface area contributed by atoms with Crippen LogP contribution in [0.2, 0.25) is 0 Å². The Kier molecular flexibility index (Phi) is 42.6. The molecule has 0 aromatic rings. The molecule has 0 aliphatic rings. The Labute approximate surface area is 372 Å². The van der Waals surface area contributed by atoms with Gasteiger partial charge in [-0.2, -0.15) is 0 Å². The molecule has 9 nitrogen and oxygen atoms in total. The van der Waals surface area contributed by atoms with E-state index < -0.39 is 26.5 Å². The number of nitrogens with zero attached hydrogens (tertiary/aromatic N) is 1. The summed E-state index contributed by atoms with van der Waals surface area (Å²) in [7, 11) is 1.50. The molecular weight excluding hydrogens is 774 g/mol. The molecule has 0 aliphatic heterocycles. The maximum absolute atomic E-state index is 12.7. The lowest BCUT2D eigenvalue weighted by atomic mass is 10.0. The lowest BCUT2D eigenvalue weighted by Gasteiger charge is -2.24. The van der Waals surface area contributed by atoms with E-state index in [2.05, 4.69) is 13.8 Å². The zero-order valence-corrected chi connectivity index (χ0v) is 41.4. The molecule has 0 spiro atoms. The molecule has 0 saturated carbocycles.